The standard InChI is InChI=1S/C16H25F3N2/c1-12(2)8-15(11-21(3)4)20-10-13-6-5-7-14(9-13)16(17,18)19/h5-7,9,12,15,20H,8,10-11H2,1-4H3. The smallest absolute Gasteiger partial charge is 0.309 e. The fourth-order valence-corrected chi connectivity index (χ4v) is 2.35. The molecule has 0 spiro atoms. The Labute approximate surface area is 125 Å². The largest absolute Gasteiger partial charge is 0.416 e. The quantitative estimate of drug-likeness (QED) is 0.825. The molecule has 1 N–H and O–H groups in total. The monoisotopic (exact) mass is 302 g/mol. The van der Waals surface area contributed by atoms with E-state index in [2.05, 4.69) is 24.1 Å². The SMILES string of the molecule is CC(C)CC(CN(C)C)NCc1cccc(C(F)(F)F)c1. The van der Waals surface area contributed by atoms with Gasteiger partial charge in [0.05, 0.1) is 5.56 Å². The zero-order valence-electron chi connectivity index (χ0n) is 13.2. The molecule has 0 fully saturated rings. The average Bonchev–Trinajstić information content (AvgIpc) is 2.34. The number of hydrogen-bond donors (Lipinski definition) is 1. The first kappa shape index (κ1) is 18.0. The lowest BCUT2D eigenvalue weighted by molar-refractivity contribution is -0.137. The Morgan fingerprint density at radius 3 is 2.38 bits per heavy atom. The summed E-state index contributed by atoms with van der Waals surface area (Å²) >= 11 is 0. The highest BCUT2D eigenvalue weighted by atomic mass is 19.4. The number of benzene rings is 1. The Kier molecular flexibility index (Phi) is 6.68. The molecule has 0 radical (unpaired) electrons. The van der Waals surface area contributed by atoms with E-state index >= 15 is 0 Å². The lowest BCUT2D eigenvalue weighted by Gasteiger charge is -2.24. The van der Waals surface area contributed by atoms with Crippen LogP contribution in [0.3, 0.4) is 0 Å². The highest BCUT2D eigenvalue weighted by molar-refractivity contribution is 5.25. The number of rotatable bonds is 7. The third-order valence-corrected chi connectivity index (χ3v) is 3.19. The molecule has 0 aromatic heterocycles. The summed E-state index contributed by atoms with van der Waals surface area (Å²) in [7, 11) is 4.00. The predicted molar refractivity (Wildman–Crippen MR) is 80.1 cm³/mol. The van der Waals surface area contributed by atoms with Crippen molar-refractivity contribution in [3.8, 4) is 0 Å². The molecular formula is C16H25F3N2. The Morgan fingerprint density at radius 1 is 1.19 bits per heavy atom. The van der Waals surface area contributed by atoms with Gasteiger partial charge in [-0.3, -0.25) is 0 Å². The zero-order chi connectivity index (χ0) is 16.0. The van der Waals surface area contributed by atoms with Gasteiger partial charge in [0.15, 0.2) is 0 Å². The van der Waals surface area contributed by atoms with Gasteiger partial charge < -0.3 is 10.2 Å². The third kappa shape index (κ3) is 6.96. The number of halogens is 3. The van der Waals surface area contributed by atoms with Gasteiger partial charge in [0.25, 0.3) is 0 Å². The maximum Gasteiger partial charge on any atom is 0.416 e. The van der Waals surface area contributed by atoms with E-state index in [1.165, 1.54) is 12.1 Å². The van der Waals surface area contributed by atoms with Crippen LogP contribution >= 0.6 is 0 Å². The van der Waals surface area contributed by atoms with Crippen molar-refractivity contribution in [2.45, 2.75) is 39.0 Å². The Balaban J connectivity index is 2.67. The number of nitrogens with zero attached hydrogens (tertiary/aromatic N) is 1. The van der Waals surface area contributed by atoms with Crippen molar-refractivity contribution in [2.75, 3.05) is 20.6 Å². The van der Waals surface area contributed by atoms with Crippen molar-refractivity contribution >= 4 is 0 Å². The Morgan fingerprint density at radius 2 is 1.86 bits per heavy atom. The lowest BCUT2D eigenvalue weighted by Crippen LogP contribution is -2.38. The first-order valence-electron chi connectivity index (χ1n) is 7.22. The summed E-state index contributed by atoms with van der Waals surface area (Å²) in [6, 6.07) is 5.78. The van der Waals surface area contributed by atoms with Crippen LogP contribution in [0.15, 0.2) is 24.3 Å². The highest BCUT2D eigenvalue weighted by Crippen LogP contribution is 2.29. The molecule has 1 rings (SSSR count). The third-order valence-electron chi connectivity index (χ3n) is 3.19. The summed E-state index contributed by atoms with van der Waals surface area (Å²) in [5, 5.41) is 3.37. The van der Waals surface area contributed by atoms with Gasteiger partial charge in [-0.15, -0.1) is 0 Å². The summed E-state index contributed by atoms with van der Waals surface area (Å²) in [6.45, 7) is 5.62. The van der Waals surface area contributed by atoms with Gasteiger partial charge >= 0.3 is 6.18 Å². The van der Waals surface area contributed by atoms with E-state index in [-0.39, 0.29) is 6.04 Å². The van der Waals surface area contributed by atoms with Crippen molar-refractivity contribution in [3.63, 3.8) is 0 Å². The molecule has 0 heterocycles. The minimum atomic E-state index is -4.28. The second-order valence-electron chi connectivity index (χ2n) is 6.17. The number of likely N-dealkylation sites (N-methyl/N-ethyl adjacent to an activating group) is 1. The summed E-state index contributed by atoms with van der Waals surface area (Å²) in [4.78, 5) is 2.09. The first-order valence-corrected chi connectivity index (χ1v) is 7.22. The van der Waals surface area contributed by atoms with Gasteiger partial charge in [-0.2, -0.15) is 13.2 Å². The Hall–Kier alpha value is -1.07. The maximum atomic E-state index is 12.7. The molecule has 0 aliphatic carbocycles. The van der Waals surface area contributed by atoms with Crippen molar-refractivity contribution in [1.82, 2.24) is 10.2 Å². The second-order valence-corrected chi connectivity index (χ2v) is 6.17. The minimum Gasteiger partial charge on any atom is -0.309 e. The molecule has 1 atom stereocenters. The normalized spacial score (nSPS) is 14.0. The molecule has 1 aromatic rings. The number of hydrogen-bond acceptors (Lipinski definition) is 2. The van der Waals surface area contributed by atoms with E-state index in [0.29, 0.717) is 18.0 Å². The molecule has 1 aromatic carbocycles. The van der Waals surface area contributed by atoms with E-state index in [1.54, 1.807) is 6.07 Å². The second kappa shape index (κ2) is 7.80. The van der Waals surface area contributed by atoms with Crippen LogP contribution in [0.2, 0.25) is 0 Å². The van der Waals surface area contributed by atoms with Crippen LogP contribution in [0, 0.1) is 5.92 Å². The molecule has 2 nitrogen and oxygen atoms in total. The van der Waals surface area contributed by atoms with Crippen LogP contribution in [0.1, 0.15) is 31.4 Å². The van der Waals surface area contributed by atoms with Crippen molar-refractivity contribution in [1.29, 1.82) is 0 Å². The molecule has 0 aliphatic rings. The van der Waals surface area contributed by atoms with Gasteiger partial charge in [0.2, 0.25) is 0 Å². The number of nitrogens with one attached hydrogen (secondary N) is 1. The molecule has 0 aliphatic heterocycles. The lowest BCUT2D eigenvalue weighted by atomic mass is 10.0. The summed E-state index contributed by atoms with van der Waals surface area (Å²) in [5.41, 5.74) is 0.0761. The van der Waals surface area contributed by atoms with Crippen molar-refractivity contribution in [2.24, 2.45) is 5.92 Å². The van der Waals surface area contributed by atoms with Gasteiger partial charge in [0, 0.05) is 19.1 Å². The van der Waals surface area contributed by atoms with Crippen LogP contribution < -0.4 is 5.32 Å². The van der Waals surface area contributed by atoms with E-state index in [9.17, 15) is 13.2 Å². The number of alkyl halides is 3. The van der Waals surface area contributed by atoms with Crippen LogP contribution in [0.25, 0.3) is 0 Å². The molecular weight excluding hydrogens is 277 g/mol. The molecule has 0 bridgehead atoms. The van der Waals surface area contributed by atoms with Crippen LogP contribution in [0.5, 0.6) is 0 Å². The van der Waals surface area contributed by atoms with Crippen LogP contribution in [-0.4, -0.2) is 31.6 Å². The summed E-state index contributed by atoms with van der Waals surface area (Å²) < 4.78 is 38.1. The molecule has 1 unspecified atom stereocenters. The van der Waals surface area contributed by atoms with Gasteiger partial charge in [-0.05, 0) is 38.1 Å². The van der Waals surface area contributed by atoms with E-state index in [1.807, 2.05) is 14.1 Å². The maximum absolute atomic E-state index is 12.7. The predicted octanol–water partition coefficient (Wildman–Crippen LogP) is 3.77. The Bertz CT molecular complexity index is 418. The van der Waals surface area contributed by atoms with Crippen molar-refractivity contribution in [3.05, 3.63) is 35.4 Å². The zero-order valence-corrected chi connectivity index (χ0v) is 13.2. The van der Waals surface area contributed by atoms with Gasteiger partial charge in [-0.1, -0.05) is 32.0 Å². The molecule has 120 valence electrons. The van der Waals surface area contributed by atoms with Gasteiger partial charge in [-0.25, -0.2) is 0 Å². The topological polar surface area (TPSA) is 15.3 Å². The highest BCUT2D eigenvalue weighted by Gasteiger charge is 2.30. The molecule has 0 saturated heterocycles. The van der Waals surface area contributed by atoms with Crippen molar-refractivity contribution < 1.29 is 13.2 Å². The fourth-order valence-electron chi connectivity index (χ4n) is 2.35. The molecule has 0 saturated carbocycles. The average molecular weight is 302 g/mol. The molecule has 5 heteroatoms. The van der Waals surface area contributed by atoms with Crippen LogP contribution in [-0.2, 0) is 12.7 Å². The summed E-state index contributed by atoms with van der Waals surface area (Å²) in [5.74, 6) is 0.545. The van der Waals surface area contributed by atoms with Crippen LogP contribution in [0.4, 0.5) is 13.2 Å². The fraction of sp³-hybridized carbons (Fsp3) is 0.625. The minimum absolute atomic E-state index is 0.273. The summed E-state index contributed by atoms with van der Waals surface area (Å²) in [6.07, 6.45) is -3.28. The van der Waals surface area contributed by atoms with E-state index < -0.39 is 11.7 Å². The molecule has 0 amide bonds. The van der Waals surface area contributed by atoms with Gasteiger partial charge in [0.1, 0.15) is 0 Å². The van der Waals surface area contributed by atoms with E-state index in [0.717, 1.165) is 19.0 Å². The van der Waals surface area contributed by atoms with E-state index in [4.69, 9.17) is 0 Å². The first-order chi connectivity index (χ1) is 9.68. The molecule has 21 heavy (non-hydrogen) atoms.